The van der Waals surface area contributed by atoms with Gasteiger partial charge >= 0.3 is 0 Å². The van der Waals surface area contributed by atoms with Crippen LogP contribution in [0.2, 0.25) is 0 Å². The molecule has 0 aliphatic carbocycles. The van der Waals surface area contributed by atoms with E-state index < -0.39 is 0 Å². The second kappa shape index (κ2) is 3.74. The molecule has 0 aliphatic heterocycles. The SMILES string of the molecule is C(=C\c1cccc2ooc12)/c1ccccc1. The Morgan fingerprint density at radius 1 is 0.750 bits per heavy atom. The predicted molar refractivity (Wildman–Crippen MR) is 63.9 cm³/mol. The first-order valence-corrected chi connectivity index (χ1v) is 5.14. The fourth-order valence-electron chi connectivity index (χ4n) is 1.62. The highest BCUT2D eigenvalue weighted by Crippen LogP contribution is 2.23. The molecule has 1 aromatic heterocycles. The number of hydrogen-bond acceptors (Lipinski definition) is 2. The van der Waals surface area contributed by atoms with Gasteiger partial charge in [0, 0.05) is 5.56 Å². The van der Waals surface area contributed by atoms with Crippen molar-refractivity contribution in [2.75, 3.05) is 0 Å². The van der Waals surface area contributed by atoms with Gasteiger partial charge in [-0.25, -0.2) is 0 Å². The fourth-order valence-corrected chi connectivity index (χ4v) is 1.62. The summed E-state index contributed by atoms with van der Waals surface area (Å²) in [6.45, 7) is 0. The molecule has 0 saturated heterocycles. The molecule has 0 spiro atoms. The van der Waals surface area contributed by atoms with Crippen LogP contribution in [0.5, 0.6) is 0 Å². The van der Waals surface area contributed by atoms with Gasteiger partial charge in [0.1, 0.15) is 0 Å². The summed E-state index contributed by atoms with van der Waals surface area (Å²) in [6.07, 6.45) is 4.08. The van der Waals surface area contributed by atoms with Crippen LogP contribution in [0.25, 0.3) is 23.3 Å². The lowest BCUT2D eigenvalue weighted by molar-refractivity contribution is 0.0587. The topological polar surface area (TPSA) is 26.3 Å². The first kappa shape index (κ1) is 9.04. The van der Waals surface area contributed by atoms with Gasteiger partial charge in [-0.15, -0.1) is 0 Å². The number of para-hydroxylation sites is 1. The van der Waals surface area contributed by atoms with E-state index in [1.165, 1.54) is 5.56 Å². The Balaban J connectivity index is 1.95. The van der Waals surface area contributed by atoms with E-state index in [1.807, 2.05) is 42.5 Å². The zero-order valence-corrected chi connectivity index (χ0v) is 8.59. The average molecular weight is 210 g/mol. The summed E-state index contributed by atoms with van der Waals surface area (Å²) in [5, 5.41) is 0. The summed E-state index contributed by atoms with van der Waals surface area (Å²) in [7, 11) is 0. The Hall–Kier alpha value is -2.22. The molecule has 0 aliphatic rings. The van der Waals surface area contributed by atoms with Crippen LogP contribution < -0.4 is 0 Å². The second-order valence-electron chi connectivity index (χ2n) is 3.59. The van der Waals surface area contributed by atoms with E-state index in [4.69, 9.17) is 9.15 Å². The highest BCUT2D eigenvalue weighted by atomic mass is 17.0. The van der Waals surface area contributed by atoms with Gasteiger partial charge in [-0.05, 0) is 11.6 Å². The van der Waals surface area contributed by atoms with Crippen molar-refractivity contribution in [2.24, 2.45) is 0 Å². The van der Waals surface area contributed by atoms with Crippen molar-refractivity contribution in [3.8, 4) is 0 Å². The molecular formula is C14H10O2. The largest absolute Gasteiger partial charge is 0.286 e. The molecule has 0 saturated carbocycles. The van der Waals surface area contributed by atoms with E-state index in [1.54, 1.807) is 0 Å². The predicted octanol–water partition coefficient (Wildman–Crippen LogP) is 4.20. The van der Waals surface area contributed by atoms with E-state index >= 15 is 0 Å². The summed E-state index contributed by atoms with van der Waals surface area (Å²) in [5.74, 6) is 0. The van der Waals surface area contributed by atoms with E-state index in [-0.39, 0.29) is 0 Å². The summed E-state index contributed by atoms with van der Waals surface area (Å²) in [4.78, 5) is 0. The average Bonchev–Trinajstić information content (AvgIpc) is 2.30. The van der Waals surface area contributed by atoms with Crippen molar-refractivity contribution >= 4 is 23.3 Å². The Morgan fingerprint density at radius 2 is 1.62 bits per heavy atom. The van der Waals surface area contributed by atoms with Gasteiger partial charge in [0.2, 0.25) is 11.2 Å². The summed E-state index contributed by atoms with van der Waals surface area (Å²) in [5.41, 5.74) is 3.82. The maximum absolute atomic E-state index is 4.94. The normalized spacial score (nSPS) is 11.5. The molecule has 78 valence electrons. The van der Waals surface area contributed by atoms with Crippen LogP contribution in [0, 0.1) is 0 Å². The smallest absolute Gasteiger partial charge is 0.232 e. The van der Waals surface area contributed by atoms with Crippen LogP contribution in [0.1, 0.15) is 11.1 Å². The molecule has 0 unspecified atom stereocenters. The molecule has 0 bridgehead atoms. The molecule has 2 aromatic carbocycles. The minimum Gasteiger partial charge on any atom is -0.286 e. The highest BCUT2D eigenvalue weighted by Gasteiger charge is 2.06. The summed E-state index contributed by atoms with van der Waals surface area (Å²) < 4.78 is 9.78. The lowest BCUT2D eigenvalue weighted by Gasteiger charge is -2.00. The number of fused-ring (bicyclic) bond motifs is 1. The van der Waals surface area contributed by atoms with Gasteiger partial charge < -0.3 is 0 Å². The molecule has 0 radical (unpaired) electrons. The Morgan fingerprint density at radius 3 is 2.38 bits per heavy atom. The molecule has 0 atom stereocenters. The molecule has 0 amide bonds. The Labute approximate surface area is 92.7 Å². The minimum atomic E-state index is 0.801. The third-order valence-electron chi connectivity index (χ3n) is 2.48. The number of rotatable bonds is 2. The van der Waals surface area contributed by atoms with E-state index in [2.05, 4.69) is 18.2 Å². The molecule has 2 nitrogen and oxygen atoms in total. The van der Waals surface area contributed by atoms with Crippen LogP contribution in [0.4, 0.5) is 0 Å². The molecule has 16 heavy (non-hydrogen) atoms. The lowest BCUT2D eigenvalue weighted by Crippen LogP contribution is -1.80. The second-order valence-corrected chi connectivity index (χ2v) is 3.59. The van der Waals surface area contributed by atoms with Crippen molar-refractivity contribution in [3.05, 3.63) is 59.7 Å². The molecule has 0 N–H and O–H groups in total. The monoisotopic (exact) mass is 210 g/mol. The summed E-state index contributed by atoms with van der Waals surface area (Å²) in [6, 6.07) is 16.0. The fraction of sp³-hybridized carbons (Fsp3) is 0. The molecule has 2 heteroatoms. The third-order valence-corrected chi connectivity index (χ3v) is 2.48. The van der Waals surface area contributed by atoms with Crippen LogP contribution in [0.15, 0.2) is 57.7 Å². The van der Waals surface area contributed by atoms with Crippen molar-refractivity contribution in [1.29, 1.82) is 0 Å². The molecular weight excluding hydrogens is 200 g/mol. The third kappa shape index (κ3) is 1.54. The first-order chi connectivity index (χ1) is 7.93. The maximum atomic E-state index is 4.94. The van der Waals surface area contributed by atoms with E-state index in [0.717, 1.165) is 16.7 Å². The zero-order chi connectivity index (χ0) is 10.8. The summed E-state index contributed by atoms with van der Waals surface area (Å²) >= 11 is 0. The first-order valence-electron chi connectivity index (χ1n) is 5.14. The Kier molecular flexibility index (Phi) is 2.11. The van der Waals surface area contributed by atoms with Crippen LogP contribution in [0.3, 0.4) is 0 Å². The van der Waals surface area contributed by atoms with Crippen molar-refractivity contribution < 1.29 is 9.15 Å². The molecule has 3 aromatic rings. The van der Waals surface area contributed by atoms with E-state index in [0.29, 0.717) is 0 Å². The van der Waals surface area contributed by atoms with Crippen molar-refractivity contribution in [1.82, 2.24) is 0 Å². The maximum Gasteiger partial charge on any atom is 0.232 e. The Bertz CT molecular complexity index is 614. The zero-order valence-electron chi connectivity index (χ0n) is 8.59. The van der Waals surface area contributed by atoms with Gasteiger partial charge in [-0.2, -0.15) is 0 Å². The van der Waals surface area contributed by atoms with Gasteiger partial charge in [-0.3, -0.25) is 9.15 Å². The van der Waals surface area contributed by atoms with Crippen molar-refractivity contribution in [2.45, 2.75) is 0 Å². The standard InChI is InChI=1S/C14H10O2/c1-2-5-11(6-3-1)9-10-12-7-4-8-13-14(12)16-15-13/h1-10H/b10-9+. The number of hydrogen-bond donors (Lipinski definition) is 0. The van der Waals surface area contributed by atoms with E-state index in [9.17, 15) is 0 Å². The van der Waals surface area contributed by atoms with Crippen LogP contribution in [-0.4, -0.2) is 0 Å². The lowest BCUT2D eigenvalue weighted by atomic mass is 10.1. The quantitative estimate of drug-likeness (QED) is 0.468. The minimum absolute atomic E-state index is 0.801. The molecule has 0 fully saturated rings. The molecule has 3 rings (SSSR count). The number of benzene rings is 2. The van der Waals surface area contributed by atoms with Gasteiger partial charge in [0.25, 0.3) is 0 Å². The van der Waals surface area contributed by atoms with Gasteiger partial charge in [-0.1, -0.05) is 54.6 Å². The van der Waals surface area contributed by atoms with Gasteiger partial charge in [0.15, 0.2) is 0 Å². The molecule has 1 heterocycles. The van der Waals surface area contributed by atoms with Gasteiger partial charge in [0.05, 0.1) is 0 Å². The highest BCUT2D eigenvalue weighted by molar-refractivity contribution is 5.85. The van der Waals surface area contributed by atoms with Crippen LogP contribution >= 0.6 is 0 Å². The van der Waals surface area contributed by atoms with Crippen molar-refractivity contribution in [3.63, 3.8) is 0 Å². The van der Waals surface area contributed by atoms with Crippen LogP contribution in [-0.2, 0) is 0 Å².